The van der Waals surface area contributed by atoms with Gasteiger partial charge in [0.25, 0.3) is 5.88 Å². The zero-order chi connectivity index (χ0) is 52.3. The average Bonchev–Trinajstić information content (AvgIpc) is 4.23. The number of hydrogen-bond acceptors (Lipinski definition) is 17. The zero-order valence-corrected chi connectivity index (χ0v) is 44.3. The molecular formula is C55H67N13O6S. The van der Waals surface area contributed by atoms with Crippen molar-refractivity contribution in [3.8, 4) is 33.3 Å². The van der Waals surface area contributed by atoms with Crippen LogP contribution in [0.2, 0.25) is 0 Å². The third-order valence-corrected chi connectivity index (χ3v) is 15.9. The lowest BCUT2D eigenvalue weighted by Crippen LogP contribution is -2.48. The van der Waals surface area contributed by atoms with Crippen molar-refractivity contribution in [2.75, 3.05) is 56.1 Å². The molecule has 394 valence electrons. The first-order valence-corrected chi connectivity index (χ1v) is 27.1. The van der Waals surface area contributed by atoms with Gasteiger partial charge in [0.15, 0.2) is 17.1 Å². The van der Waals surface area contributed by atoms with Crippen LogP contribution >= 0.6 is 11.3 Å². The zero-order valence-electron chi connectivity index (χ0n) is 43.5. The molecule has 0 saturated carbocycles. The molecule has 3 aliphatic heterocycles. The number of anilines is 2. The van der Waals surface area contributed by atoms with Crippen molar-refractivity contribution >= 4 is 46.0 Å². The van der Waals surface area contributed by atoms with Gasteiger partial charge in [-0.15, -0.1) is 21.5 Å². The van der Waals surface area contributed by atoms with Gasteiger partial charge in [0.05, 0.1) is 45.5 Å². The highest BCUT2D eigenvalue weighted by atomic mass is 32.1. The predicted molar refractivity (Wildman–Crippen MR) is 287 cm³/mol. The summed E-state index contributed by atoms with van der Waals surface area (Å²) >= 11 is 1.59. The van der Waals surface area contributed by atoms with Crippen molar-refractivity contribution in [1.29, 1.82) is 0 Å². The molecule has 0 aliphatic carbocycles. The number of hydrogen-bond donors (Lipinski definition) is 4. The third kappa shape index (κ3) is 11.3. The molecule has 0 radical (unpaired) electrons. The molecule has 5 aromatic heterocycles. The summed E-state index contributed by atoms with van der Waals surface area (Å²) in [5, 5.41) is 46.0. The fourth-order valence-corrected chi connectivity index (χ4v) is 11.6. The second kappa shape index (κ2) is 22.4. The van der Waals surface area contributed by atoms with E-state index in [0.717, 1.165) is 90.6 Å². The Kier molecular flexibility index (Phi) is 15.4. The third-order valence-electron chi connectivity index (χ3n) is 14.9. The molecule has 1 unspecified atom stereocenters. The maximum Gasteiger partial charge on any atom is 0.254 e. The number of aromatic nitrogens is 8. The number of aryl methyl sites for hydroxylation is 1. The maximum absolute atomic E-state index is 14.3. The van der Waals surface area contributed by atoms with E-state index in [1.54, 1.807) is 29.5 Å². The molecule has 4 N–H and O–H groups in total. The summed E-state index contributed by atoms with van der Waals surface area (Å²) in [4.78, 5) is 49.3. The molecule has 10 rings (SSSR count). The van der Waals surface area contributed by atoms with E-state index >= 15 is 0 Å². The molecule has 0 bridgehead atoms. The Balaban J connectivity index is 0.684. The summed E-state index contributed by atoms with van der Waals surface area (Å²) in [5.74, 6) is 1.12. The number of β-amino-alcohol motifs (C(OH)–C–C–N with tert-alkyl or cyclic N) is 1. The van der Waals surface area contributed by atoms with E-state index in [2.05, 4.69) is 59.3 Å². The van der Waals surface area contributed by atoms with Crippen LogP contribution in [0.5, 0.6) is 11.6 Å². The second-order valence-electron chi connectivity index (χ2n) is 20.9. The Bertz CT molecular complexity index is 3070. The molecule has 3 saturated heterocycles. The standard InChI is InChI=1S/C55H67N13O6S/c1-32(2)49(54(72)67-30-41(69)25-45(67)53(71)60-34(5)36-11-13-38(14-12-36)51-35(6)58-31-75-51)47-27-48(64-74-47)73-24-23-65-19-15-37(16-20-65)39-28-56-55(57-29-39)66-21-17-40(18-22-66)68-44-26-43(42-9-7-8-10-46(42)70)61-62-50(44)52(63-68)59-33(3)4/h7-14,26-29,31-34,37,40-41,45,49,69-70H,15-25,30H2,1-6H3,(H,59,63)(H,60,71)/t34-,41+,45-,49?/m0/s1. The van der Waals surface area contributed by atoms with Gasteiger partial charge in [0.2, 0.25) is 17.8 Å². The Morgan fingerprint density at radius 3 is 2.36 bits per heavy atom. The summed E-state index contributed by atoms with van der Waals surface area (Å²) in [6, 6.07) is 18.0. The first kappa shape index (κ1) is 51.5. The largest absolute Gasteiger partial charge is 0.507 e. The Morgan fingerprint density at radius 1 is 0.920 bits per heavy atom. The van der Waals surface area contributed by atoms with Crippen molar-refractivity contribution in [2.24, 2.45) is 5.92 Å². The first-order valence-electron chi connectivity index (χ1n) is 26.3. The number of nitrogens with zero attached hydrogens (tertiary/aromatic N) is 11. The molecule has 20 heteroatoms. The molecule has 4 atom stereocenters. The summed E-state index contributed by atoms with van der Waals surface area (Å²) in [6.45, 7) is 16.4. The van der Waals surface area contributed by atoms with Gasteiger partial charge >= 0.3 is 0 Å². The fourth-order valence-electron chi connectivity index (χ4n) is 10.8. The summed E-state index contributed by atoms with van der Waals surface area (Å²) in [5.41, 5.74) is 8.78. The van der Waals surface area contributed by atoms with Crippen molar-refractivity contribution in [1.82, 2.24) is 55.2 Å². The van der Waals surface area contributed by atoms with Crippen LogP contribution < -0.4 is 20.3 Å². The highest BCUT2D eigenvalue weighted by molar-refractivity contribution is 7.13. The number of aromatic hydroxyl groups is 1. The molecule has 2 amide bonds. The lowest BCUT2D eigenvalue weighted by atomic mass is 9.91. The minimum absolute atomic E-state index is 0.0519. The lowest BCUT2D eigenvalue weighted by molar-refractivity contribution is -0.141. The lowest BCUT2D eigenvalue weighted by Gasteiger charge is -2.33. The van der Waals surface area contributed by atoms with Crippen LogP contribution in [0.25, 0.3) is 32.7 Å². The number of para-hydroxylation sites is 1. The second-order valence-corrected chi connectivity index (χ2v) is 21.7. The van der Waals surface area contributed by atoms with E-state index in [-0.39, 0.29) is 54.6 Å². The van der Waals surface area contributed by atoms with Gasteiger partial charge in [0.1, 0.15) is 24.3 Å². The van der Waals surface area contributed by atoms with Gasteiger partial charge in [-0.05, 0) is 118 Å². The number of nitrogens with one attached hydrogen (secondary N) is 2. The minimum Gasteiger partial charge on any atom is -0.507 e. The number of carbonyl (C=O) groups excluding carboxylic acids is 2. The van der Waals surface area contributed by atoms with Crippen LogP contribution in [0.4, 0.5) is 11.8 Å². The molecule has 19 nitrogen and oxygen atoms in total. The quantitative estimate of drug-likeness (QED) is 0.0680. The summed E-state index contributed by atoms with van der Waals surface area (Å²) < 4.78 is 13.9. The Morgan fingerprint density at radius 2 is 1.67 bits per heavy atom. The molecule has 7 aromatic rings. The topological polar surface area (TPSA) is 226 Å². The van der Waals surface area contributed by atoms with E-state index in [1.165, 1.54) is 4.90 Å². The number of carbonyl (C=O) groups is 2. The number of piperidine rings is 2. The predicted octanol–water partition coefficient (Wildman–Crippen LogP) is 7.91. The maximum atomic E-state index is 14.3. The van der Waals surface area contributed by atoms with Crippen molar-refractivity contribution < 1.29 is 29.1 Å². The number of aliphatic hydroxyl groups excluding tert-OH is 1. The number of likely N-dealkylation sites (tertiary alicyclic amines) is 2. The van der Waals surface area contributed by atoms with Crippen LogP contribution in [0.15, 0.2) is 83.1 Å². The molecule has 0 spiro atoms. The Labute approximate surface area is 440 Å². The van der Waals surface area contributed by atoms with Gasteiger partial charge in [-0.2, -0.15) is 5.10 Å². The minimum atomic E-state index is -0.831. The molecule has 2 aromatic carbocycles. The summed E-state index contributed by atoms with van der Waals surface area (Å²) in [6.07, 6.45) is 6.97. The van der Waals surface area contributed by atoms with Crippen LogP contribution in [-0.2, 0) is 9.59 Å². The Hall–Kier alpha value is -7.03. The van der Waals surface area contributed by atoms with Crippen LogP contribution in [0.3, 0.4) is 0 Å². The smallest absolute Gasteiger partial charge is 0.254 e. The highest BCUT2D eigenvalue weighted by Crippen LogP contribution is 2.37. The van der Waals surface area contributed by atoms with E-state index < -0.39 is 18.1 Å². The number of fused-ring (bicyclic) bond motifs is 1. The van der Waals surface area contributed by atoms with Gasteiger partial charge in [-0.1, -0.05) is 50.2 Å². The average molecular weight is 1040 g/mol. The number of rotatable bonds is 17. The molecule has 3 fully saturated rings. The van der Waals surface area contributed by atoms with E-state index in [9.17, 15) is 19.8 Å². The van der Waals surface area contributed by atoms with E-state index in [1.807, 2.05) is 88.1 Å². The van der Waals surface area contributed by atoms with E-state index in [0.29, 0.717) is 53.3 Å². The van der Waals surface area contributed by atoms with Gasteiger partial charge in [0, 0.05) is 62.7 Å². The normalized spacial score (nSPS) is 18.8. The fraction of sp³-hybridized carbons (Fsp3) is 0.473. The van der Waals surface area contributed by atoms with Crippen molar-refractivity contribution in [3.05, 3.63) is 101 Å². The number of amides is 2. The van der Waals surface area contributed by atoms with Crippen LogP contribution in [0, 0.1) is 12.8 Å². The van der Waals surface area contributed by atoms with Crippen molar-refractivity contribution in [2.45, 2.75) is 116 Å². The number of aliphatic hydroxyl groups is 1. The highest BCUT2D eigenvalue weighted by Gasteiger charge is 2.44. The molecule has 3 aliphatic rings. The number of benzene rings is 2. The monoisotopic (exact) mass is 1040 g/mol. The number of ether oxygens (including phenoxy) is 1. The van der Waals surface area contributed by atoms with E-state index in [4.69, 9.17) is 24.3 Å². The molecule has 8 heterocycles. The number of thiazole rings is 1. The molecule has 75 heavy (non-hydrogen) atoms. The van der Waals surface area contributed by atoms with Gasteiger partial charge < -0.3 is 39.9 Å². The summed E-state index contributed by atoms with van der Waals surface area (Å²) in [7, 11) is 0. The number of phenols is 1. The first-order chi connectivity index (χ1) is 36.3. The molecular weight excluding hydrogens is 971 g/mol. The van der Waals surface area contributed by atoms with Gasteiger partial charge in [-0.25, -0.2) is 15.0 Å². The SMILES string of the molecule is Cc1ncsc1-c1ccc([C@H](C)NC(=O)[C@@H]2C[C@@H](O)CN2C(=O)C(c2cc(OCCN3CCC(c4cnc(N5CCC(n6nc(NC(C)C)c7nnc(-c8ccccc8O)cc76)CC5)nc4)CC3)no2)C(C)C)cc1. The number of phenolic OH excluding ortho intramolecular Hbond substituents is 1. The van der Waals surface area contributed by atoms with Crippen LogP contribution in [-0.4, -0.2) is 136 Å². The van der Waals surface area contributed by atoms with Crippen molar-refractivity contribution in [3.63, 3.8) is 0 Å². The van der Waals surface area contributed by atoms with Crippen LogP contribution in [0.1, 0.15) is 113 Å². The van der Waals surface area contributed by atoms with Gasteiger partial charge in [-0.3, -0.25) is 19.2 Å².